The van der Waals surface area contributed by atoms with Gasteiger partial charge in [0.2, 0.25) is 21.8 Å². The molecule has 0 bridgehead atoms. The third-order valence-corrected chi connectivity index (χ3v) is 14.6. The molecule has 298 valence electrons. The van der Waals surface area contributed by atoms with E-state index in [0.29, 0.717) is 61.4 Å². The molecule has 12 nitrogen and oxygen atoms in total. The molecule has 5 atom stereocenters. The van der Waals surface area contributed by atoms with Crippen molar-refractivity contribution in [3.8, 4) is 5.75 Å². The molecule has 5 aliphatic rings. The number of pyridine rings is 1. The monoisotopic (exact) mass is 796 g/mol. The molecule has 2 aliphatic carbocycles. The maximum atomic E-state index is 14.8. The number of hydrogen-bond acceptors (Lipinski definition) is 9. The first-order chi connectivity index (χ1) is 25.8. The van der Waals surface area contributed by atoms with Gasteiger partial charge in [-0.1, -0.05) is 63.4 Å². The molecule has 7 rings (SSSR count). The van der Waals surface area contributed by atoms with E-state index in [1.165, 1.54) is 4.90 Å². The topological polar surface area (TPSA) is 161 Å². The van der Waals surface area contributed by atoms with Crippen molar-refractivity contribution >= 4 is 56.2 Å². The third kappa shape index (κ3) is 7.97. The number of ether oxygens (including phenoxy) is 2. The van der Waals surface area contributed by atoms with E-state index in [9.17, 15) is 27.6 Å². The van der Waals surface area contributed by atoms with Crippen molar-refractivity contribution in [3.63, 3.8) is 0 Å². The Hall–Kier alpha value is -3.71. The highest BCUT2D eigenvalue weighted by atomic mass is 35.5. The summed E-state index contributed by atoms with van der Waals surface area (Å²) in [6, 6.07) is 3.63. The molecule has 3 aliphatic heterocycles. The Labute approximate surface area is 328 Å². The second-order valence-electron chi connectivity index (χ2n) is 18.0. The number of carbonyl (C=O) groups excluding carboxylic acids is 4. The van der Waals surface area contributed by atoms with Crippen LogP contribution in [0.1, 0.15) is 110 Å². The van der Waals surface area contributed by atoms with E-state index in [1.54, 1.807) is 6.92 Å². The highest BCUT2D eigenvalue weighted by Crippen LogP contribution is 2.58. The SMILES string of the molecule is Cc1nc2cc(Cl)ccc2c2c1O[C@]1(CC2)C[C@H]2C(=O)C[C@]3(C(=O)NS(=O)(=O)C4(C)CC4)C[C@H]3/C=C\CCCCC[C@H](NC(=O)OCC(C)(C)C)C(=O)N2C1. The number of benzene rings is 1. The molecule has 0 radical (unpaired) electrons. The van der Waals surface area contributed by atoms with Crippen LogP contribution in [0.5, 0.6) is 5.75 Å². The van der Waals surface area contributed by atoms with E-state index in [4.69, 9.17) is 26.1 Å². The summed E-state index contributed by atoms with van der Waals surface area (Å²) in [5, 5.41) is 4.32. The van der Waals surface area contributed by atoms with Gasteiger partial charge in [0.15, 0.2) is 5.78 Å². The summed E-state index contributed by atoms with van der Waals surface area (Å²) < 4.78 is 40.2. The highest BCUT2D eigenvalue weighted by Gasteiger charge is 2.63. The summed E-state index contributed by atoms with van der Waals surface area (Å²) in [4.78, 5) is 62.9. The van der Waals surface area contributed by atoms with Gasteiger partial charge in [-0.15, -0.1) is 0 Å². The van der Waals surface area contributed by atoms with Crippen molar-refractivity contribution in [3.05, 3.63) is 46.6 Å². The number of rotatable bonds is 5. The fraction of sp³-hybridized carbons (Fsp3) is 0.634. The number of Topliss-reactive ketones (excluding diaryl/α,β-unsaturated/α-hetero) is 1. The molecule has 1 aromatic carbocycles. The highest BCUT2D eigenvalue weighted by molar-refractivity contribution is 7.91. The molecule has 2 N–H and O–H groups in total. The van der Waals surface area contributed by atoms with E-state index in [-0.39, 0.29) is 43.1 Å². The van der Waals surface area contributed by atoms with Crippen LogP contribution in [-0.4, -0.2) is 77.6 Å². The van der Waals surface area contributed by atoms with Crippen molar-refractivity contribution in [1.82, 2.24) is 19.9 Å². The lowest BCUT2D eigenvalue weighted by molar-refractivity contribution is -0.140. The third-order valence-electron chi connectivity index (χ3n) is 12.2. The minimum Gasteiger partial charge on any atom is -0.483 e. The Morgan fingerprint density at radius 2 is 1.87 bits per heavy atom. The quantitative estimate of drug-likeness (QED) is 0.323. The summed E-state index contributed by atoms with van der Waals surface area (Å²) in [6.45, 7) is 9.56. The number of sulfonamides is 1. The second kappa shape index (κ2) is 14.3. The predicted molar refractivity (Wildman–Crippen MR) is 208 cm³/mol. The Bertz CT molecular complexity index is 2060. The molecular weight excluding hydrogens is 744 g/mol. The normalized spacial score (nSPS) is 29.9. The fourth-order valence-electron chi connectivity index (χ4n) is 8.47. The van der Waals surface area contributed by atoms with Crippen LogP contribution in [0.4, 0.5) is 4.79 Å². The molecule has 2 saturated carbocycles. The number of halogens is 1. The summed E-state index contributed by atoms with van der Waals surface area (Å²) in [6.07, 6.45) is 8.89. The summed E-state index contributed by atoms with van der Waals surface area (Å²) in [5.41, 5.74) is -0.0728. The van der Waals surface area contributed by atoms with Gasteiger partial charge in [0.05, 0.1) is 40.6 Å². The minimum absolute atomic E-state index is 0.0876. The zero-order chi connectivity index (χ0) is 39.6. The number of allylic oxidation sites excluding steroid dienone is 2. The van der Waals surface area contributed by atoms with Gasteiger partial charge in [-0.3, -0.25) is 19.1 Å². The number of ketones is 1. The molecule has 0 unspecified atom stereocenters. The van der Waals surface area contributed by atoms with Crippen LogP contribution in [0.2, 0.25) is 5.02 Å². The number of aryl methyl sites for hydroxylation is 2. The van der Waals surface area contributed by atoms with Gasteiger partial charge in [-0.2, -0.15) is 0 Å². The van der Waals surface area contributed by atoms with Crippen molar-refractivity contribution in [2.75, 3.05) is 13.2 Å². The van der Waals surface area contributed by atoms with Crippen LogP contribution in [-0.2, 0) is 35.6 Å². The fourth-order valence-corrected chi connectivity index (χ4v) is 9.97. The Morgan fingerprint density at radius 3 is 2.60 bits per heavy atom. The number of nitrogens with one attached hydrogen (secondary N) is 2. The molecule has 1 saturated heterocycles. The van der Waals surface area contributed by atoms with Crippen LogP contribution in [0.15, 0.2) is 30.4 Å². The summed E-state index contributed by atoms with van der Waals surface area (Å²) in [7, 11) is -3.95. The molecule has 4 heterocycles. The first-order valence-corrected chi connectivity index (χ1v) is 21.5. The number of alkyl carbamates (subject to hydrolysis) is 1. The molecule has 14 heteroatoms. The lowest BCUT2D eigenvalue weighted by Crippen LogP contribution is -2.53. The zero-order valence-corrected chi connectivity index (χ0v) is 34.0. The van der Waals surface area contributed by atoms with Crippen LogP contribution in [0.25, 0.3) is 10.9 Å². The molecule has 3 amide bonds. The van der Waals surface area contributed by atoms with Crippen LogP contribution in [0.3, 0.4) is 0 Å². The van der Waals surface area contributed by atoms with Crippen molar-refractivity contribution in [1.29, 1.82) is 0 Å². The van der Waals surface area contributed by atoms with Gasteiger partial charge in [-0.05, 0) is 88.7 Å². The lowest BCUT2D eigenvalue weighted by Gasteiger charge is -2.36. The first kappa shape index (κ1) is 39.5. The summed E-state index contributed by atoms with van der Waals surface area (Å²) in [5.74, 6) is -1.12. The smallest absolute Gasteiger partial charge is 0.407 e. The zero-order valence-electron chi connectivity index (χ0n) is 32.5. The average Bonchev–Trinajstić information content (AvgIpc) is 4.00. The van der Waals surface area contributed by atoms with Crippen LogP contribution < -0.4 is 14.8 Å². The van der Waals surface area contributed by atoms with Gasteiger partial charge in [-0.25, -0.2) is 18.2 Å². The van der Waals surface area contributed by atoms with Gasteiger partial charge in [0.25, 0.3) is 0 Å². The van der Waals surface area contributed by atoms with Crippen molar-refractivity contribution in [2.24, 2.45) is 16.7 Å². The number of aromatic nitrogens is 1. The maximum Gasteiger partial charge on any atom is 0.407 e. The van der Waals surface area contributed by atoms with E-state index >= 15 is 0 Å². The molecule has 2 aromatic rings. The van der Waals surface area contributed by atoms with Gasteiger partial charge in [0, 0.05) is 28.8 Å². The lowest BCUT2D eigenvalue weighted by atomic mass is 9.85. The van der Waals surface area contributed by atoms with Gasteiger partial charge in [0.1, 0.15) is 17.4 Å². The number of nitrogens with zero attached hydrogens (tertiary/aromatic N) is 2. The van der Waals surface area contributed by atoms with E-state index in [1.807, 2.05) is 58.0 Å². The number of hydrogen-bond donors (Lipinski definition) is 2. The minimum atomic E-state index is -3.95. The Balaban J connectivity index is 1.22. The molecule has 1 aromatic heterocycles. The Morgan fingerprint density at radius 1 is 1.11 bits per heavy atom. The van der Waals surface area contributed by atoms with Crippen molar-refractivity contribution in [2.45, 2.75) is 134 Å². The Kier molecular flexibility index (Phi) is 10.3. The second-order valence-corrected chi connectivity index (χ2v) is 20.7. The molecular formula is C41H53ClN4O8S. The number of amides is 3. The average molecular weight is 797 g/mol. The number of carbonyl (C=O) groups is 4. The maximum absolute atomic E-state index is 14.8. The van der Waals surface area contributed by atoms with Crippen LogP contribution >= 0.6 is 11.6 Å². The van der Waals surface area contributed by atoms with E-state index in [2.05, 4.69) is 10.0 Å². The van der Waals surface area contributed by atoms with Gasteiger partial charge < -0.3 is 19.7 Å². The van der Waals surface area contributed by atoms with Crippen LogP contribution in [0, 0.1) is 23.7 Å². The van der Waals surface area contributed by atoms with Gasteiger partial charge >= 0.3 is 6.09 Å². The molecule has 3 fully saturated rings. The van der Waals surface area contributed by atoms with E-state index < -0.39 is 55.8 Å². The largest absolute Gasteiger partial charge is 0.483 e. The first-order valence-electron chi connectivity index (χ1n) is 19.6. The number of fused-ring (bicyclic) bond motifs is 5. The van der Waals surface area contributed by atoms with E-state index in [0.717, 1.165) is 35.7 Å². The summed E-state index contributed by atoms with van der Waals surface area (Å²) >= 11 is 6.29. The predicted octanol–water partition coefficient (Wildman–Crippen LogP) is 6.49. The molecule has 55 heavy (non-hydrogen) atoms. The van der Waals surface area contributed by atoms with Crippen molar-refractivity contribution < 1.29 is 37.1 Å². The molecule has 1 spiro atoms. The standard InChI is InChI=1S/C41H53ClN4O8S/c1-25-34-29(28-14-13-27(42)19-31(28)43-25)15-16-40(54-34)21-32-33(47)22-41(36(49)45-55(51,52)39(5)17-18-39)20-26(41)11-9-7-6-8-10-12-30(35(48)46(32)23-40)44-37(50)53-24-38(2,3)4/h9,11,13-14,19,26,30,32H,6-8,10,12,15-18,20-24H2,1-5H3,(H,44,50)(H,45,49)/b11-9-/t26-,30+,32+,40-,41-/m1/s1.